The van der Waals surface area contributed by atoms with E-state index in [0.717, 1.165) is 36.3 Å². The number of Topliss-reactive ketones (excluding diaryl/α,β-unsaturated/α-hetero) is 1. The number of nitrogens with one attached hydrogen (secondary N) is 2. The number of ketones is 1. The number of carbonyl (C=O) groups is 4. The van der Waals surface area contributed by atoms with Gasteiger partial charge in [-0.05, 0) is 42.5 Å². The molecule has 4 unspecified atom stereocenters. The summed E-state index contributed by atoms with van der Waals surface area (Å²) in [6.07, 6.45) is 3.27. The summed E-state index contributed by atoms with van der Waals surface area (Å²) in [6, 6.07) is 5.67. The van der Waals surface area contributed by atoms with Gasteiger partial charge >= 0.3 is 0 Å². The number of amides is 2. The highest BCUT2D eigenvalue weighted by Gasteiger charge is 2.44. The largest absolute Gasteiger partial charge is 0.366 e. The standard InChI is InChI=1S/C21H24N4O4/c26-11-18(27)20-16-7-14(24-10-13-2-4-15(24)8-22-13)3-1-12(16)9-25(20)17-5-6-19(28)23-21(17)29/h1,3,7,11,13,15,17,20,22H,2,4-6,8-10H2,(H,23,28,29). The Balaban J connectivity index is 1.47. The van der Waals surface area contributed by atoms with Crippen LogP contribution < -0.4 is 15.5 Å². The molecule has 152 valence electrons. The Kier molecular flexibility index (Phi) is 4.48. The van der Waals surface area contributed by atoms with Gasteiger partial charge in [0.2, 0.25) is 17.6 Å². The van der Waals surface area contributed by atoms with E-state index in [1.165, 1.54) is 6.42 Å². The summed E-state index contributed by atoms with van der Waals surface area (Å²) in [7, 11) is 0. The van der Waals surface area contributed by atoms with Gasteiger partial charge in [0.15, 0.2) is 6.29 Å². The van der Waals surface area contributed by atoms with Crippen LogP contribution in [-0.4, -0.2) is 60.0 Å². The molecule has 5 aliphatic rings. The van der Waals surface area contributed by atoms with Crippen LogP contribution in [0.25, 0.3) is 0 Å². The van der Waals surface area contributed by atoms with E-state index in [1.54, 1.807) is 4.90 Å². The van der Waals surface area contributed by atoms with E-state index in [1.807, 2.05) is 12.1 Å². The van der Waals surface area contributed by atoms with Crippen LogP contribution in [0.5, 0.6) is 0 Å². The Morgan fingerprint density at radius 3 is 2.69 bits per heavy atom. The van der Waals surface area contributed by atoms with Crippen molar-refractivity contribution in [1.82, 2.24) is 15.5 Å². The lowest BCUT2D eigenvalue weighted by Crippen LogP contribution is -2.61. The van der Waals surface area contributed by atoms with E-state index in [4.69, 9.17) is 0 Å². The number of hydrogen-bond acceptors (Lipinski definition) is 7. The van der Waals surface area contributed by atoms with E-state index < -0.39 is 23.8 Å². The highest BCUT2D eigenvalue weighted by atomic mass is 16.2. The molecule has 2 bridgehead atoms. The first kappa shape index (κ1) is 18.4. The number of benzene rings is 1. The molecule has 0 saturated carbocycles. The molecular formula is C21H24N4O4. The van der Waals surface area contributed by atoms with Crippen LogP contribution in [0.4, 0.5) is 5.69 Å². The van der Waals surface area contributed by atoms with Crippen molar-refractivity contribution in [2.24, 2.45) is 0 Å². The third-order valence-electron chi connectivity index (χ3n) is 6.78. The van der Waals surface area contributed by atoms with Crippen LogP contribution in [0.1, 0.15) is 42.9 Å². The Labute approximate surface area is 168 Å². The summed E-state index contributed by atoms with van der Waals surface area (Å²) in [5.74, 6) is -1.23. The van der Waals surface area contributed by atoms with Gasteiger partial charge in [0.25, 0.3) is 0 Å². The van der Waals surface area contributed by atoms with Crippen molar-refractivity contribution in [3.63, 3.8) is 0 Å². The van der Waals surface area contributed by atoms with E-state index in [2.05, 4.69) is 21.6 Å². The second-order valence-corrected chi connectivity index (χ2v) is 8.43. The fraction of sp³-hybridized carbons (Fsp3) is 0.524. The molecule has 29 heavy (non-hydrogen) atoms. The molecule has 8 heteroatoms. The minimum Gasteiger partial charge on any atom is -0.366 e. The quantitative estimate of drug-likeness (QED) is 0.422. The third kappa shape index (κ3) is 3.07. The number of imide groups is 1. The molecule has 0 aromatic heterocycles. The number of aldehydes is 1. The number of nitrogens with zero attached hydrogens (tertiary/aromatic N) is 2. The molecule has 0 spiro atoms. The highest BCUT2D eigenvalue weighted by molar-refractivity contribution is 6.27. The minimum atomic E-state index is -0.772. The van der Waals surface area contributed by atoms with Gasteiger partial charge in [-0.3, -0.25) is 29.4 Å². The first-order valence-corrected chi connectivity index (χ1v) is 10.3. The van der Waals surface area contributed by atoms with Gasteiger partial charge in [-0.1, -0.05) is 6.07 Å². The summed E-state index contributed by atoms with van der Waals surface area (Å²) in [5, 5.41) is 5.90. The normalized spacial score (nSPS) is 31.5. The van der Waals surface area contributed by atoms with Crippen molar-refractivity contribution in [2.75, 3.05) is 18.0 Å². The maximum atomic E-state index is 12.6. The first-order chi connectivity index (χ1) is 14.0. The van der Waals surface area contributed by atoms with Crippen LogP contribution in [-0.2, 0) is 25.7 Å². The number of rotatable bonds is 4. The molecule has 4 atom stereocenters. The van der Waals surface area contributed by atoms with Crippen LogP contribution in [0, 0.1) is 0 Å². The summed E-state index contributed by atoms with van der Waals surface area (Å²) in [5.41, 5.74) is 2.83. The second-order valence-electron chi connectivity index (χ2n) is 8.43. The molecule has 2 amide bonds. The van der Waals surface area contributed by atoms with Crippen molar-refractivity contribution in [3.8, 4) is 0 Å². The van der Waals surface area contributed by atoms with Gasteiger partial charge in [-0.15, -0.1) is 0 Å². The van der Waals surface area contributed by atoms with E-state index in [-0.39, 0.29) is 12.3 Å². The maximum absolute atomic E-state index is 12.6. The molecule has 2 N–H and O–H groups in total. The monoisotopic (exact) mass is 396 g/mol. The summed E-state index contributed by atoms with van der Waals surface area (Å²) < 4.78 is 0. The average molecular weight is 396 g/mol. The van der Waals surface area contributed by atoms with Crippen molar-refractivity contribution >= 4 is 29.6 Å². The number of carbonyl (C=O) groups excluding carboxylic acids is 4. The number of anilines is 1. The van der Waals surface area contributed by atoms with Gasteiger partial charge in [0, 0.05) is 43.8 Å². The van der Waals surface area contributed by atoms with Gasteiger partial charge in [-0.2, -0.15) is 0 Å². The zero-order chi connectivity index (χ0) is 20.1. The van der Waals surface area contributed by atoms with Crippen molar-refractivity contribution in [3.05, 3.63) is 29.3 Å². The molecule has 4 fully saturated rings. The number of piperazine rings is 1. The van der Waals surface area contributed by atoms with Crippen molar-refractivity contribution in [1.29, 1.82) is 0 Å². The Morgan fingerprint density at radius 2 is 2.03 bits per heavy atom. The topological polar surface area (TPSA) is 98.8 Å². The number of hydrogen-bond donors (Lipinski definition) is 2. The molecule has 5 aliphatic heterocycles. The molecule has 0 radical (unpaired) electrons. The van der Waals surface area contributed by atoms with Gasteiger partial charge < -0.3 is 10.2 Å². The van der Waals surface area contributed by atoms with Gasteiger partial charge in [0.1, 0.15) is 6.04 Å². The van der Waals surface area contributed by atoms with Crippen molar-refractivity contribution < 1.29 is 19.2 Å². The lowest BCUT2D eigenvalue weighted by molar-refractivity contribution is -0.141. The fourth-order valence-electron chi connectivity index (χ4n) is 5.32. The Morgan fingerprint density at radius 1 is 1.17 bits per heavy atom. The van der Waals surface area contributed by atoms with Crippen molar-refractivity contribution in [2.45, 2.75) is 56.4 Å². The lowest BCUT2D eigenvalue weighted by Gasteiger charge is -2.47. The number of fused-ring (bicyclic) bond motifs is 4. The predicted molar refractivity (Wildman–Crippen MR) is 104 cm³/mol. The SMILES string of the molecule is O=CC(=O)C1c2cc(N3CC4CCC3CN4)ccc2CN1C1CCC(=O)NC1=O. The van der Waals surface area contributed by atoms with Crippen LogP contribution in [0.2, 0.25) is 0 Å². The smallest absolute Gasteiger partial charge is 0.243 e. The zero-order valence-corrected chi connectivity index (χ0v) is 16.1. The van der Waals surface area contributed by atoms with Gasteiger partial charge in [-0.25, -0.2) is 0 Å². The summed E-state index contributed by atoms with van der Waals surface area (Å²) >= 11 is 0. The molecule has 0 aliphatic carbocycles. The molecule has 6 rings (SSSR count). The van der Waals surface area contributed by atoms with Gasteiger partial charge in [0.05, 0.1) is 6.04 Å². The van der Waals surface area contributed by atoms with E-state index in [9.17, 15) is 19.2 Å². The van der Waals surface area contributed by atoms with Crippen LogP contribution >= 0.6 is 0 Å². The third-order valence-corrected chi connectivity index (χ3v) is 6.78. The minimum absolute atomic E-state index is 0.236. The molecule has 1 aromatic rings. The highest BCUT2D eigenvalue weighted by Crippen LogP contribution is 2.40. The predicted octanol–water partition coefficient (Wildman–Crippen LogP) is 0.0571. The van der Waals surface area contributed by atoms with Crippen LogP contribution in [0.15, 0.2) is 18.2 Å². The van der Waals surface area contributed by atoms with E-state index in [0.29, 0.717) is 31.3 Å². The maximum Gasteiger partial charge on any atom is 0.243 e. The lowest BCUT2D eigenvalue weighted by atomic mass is 9.91. The molecule has 8 nitrogen and oxygen atoms in total. The van der Waals surface area contributed by atoms with E-state index >= 15 is 0 Å². The Bertz CT molecular complexity index is 893. The zero-order valence-electron chi connectivity index (χ0n) is 16.1. The second kappa shape index (κ2) is 7.03. The first-order valence-electron chi connectivity index (χ1n) is 10.3. The Hall–Kier alpha value is -2.58. The average Bonchev–Trinajstić information content (AvgIpc) is 3.12. The molecular weight excluding hydrogens is 372 g/mol. The molecule has 5 heterocycles. The molecule has 1 aromatic carbocycles. The molecule has 4 saturated heterocycles. The fourth-order valence-corrected chi connectivity index (χ4v) is 5.32. The summed E-state index contributed by atoms with van der Waals surface area (Å²) in [4.78, 5) is 52.1. The summed E-state index contributed by atoms with van der Waals surface area (Å²) in [6.45, 7) is 2.31. The number of piperidine rings is 3. The van der Waals surface area contributed by atoms with Crippen LogP contribution in [0.3, 0.4) is 0 Å².